The molecule has 0 radical (unpaired) electrons. The van der Waals surface area contributed by atoms with Crippen LogP contribution in [0.25, 0.3) is 33.4 Å². The van der Waals surface area contributed by atoms with Crippen molar-refractivity contribution in [2.75, 3.05) is 31.5 Å². The number of hydrogen-bond donors (Lipinski definition) is 2. The first-order chi connectivity index (χ1) is 18.8. The molecule has 5 aromatic rings. The minimum absolute atomic E-state index is 0.270. The van der Waals surface area contributed by atoms with Crippen molar-refractivity contribution in [3.05, 3.63) is 60.7 Å². The average molecular weight is 537 g/mol. The quantitative estimate of drug-likeness (QED) is 0.326. The number of halogens is 3. The summed E-state index contributed by atoms with van der Waals surface area (Å²) in [7, 11) is 0. The van der Waals surface area contributed by atoms with Crippen LogP contribution in [0.2, 0.25) is 0 Å². The highest BCUT2D eigenvalue weighted by atomic mass is 19.4. The minimum atomic E-state index is -4.49. The maximum absolute atomic E-state index is 12.5. The number of fused-ring (bicyclic) bond motifs is 2. The normalized spacial score (nSPS) is 14.8. The predicted octanol–water partition coefficient (Wildman–Crippen LogP) is 4.50. The van der Waals surface area contributed by atoms with E-state index in [2.05, 4.69) is 35.1 Å². The molecule has 0 atom stereocenters. The van der Waals surface area contributed by atoms with E-state index in [0.29, 0.717) is 42.7 Å². The van der Waals surface area contributed by atoms with Gasteiger partial charge in [-0.2, -0.15) is 13.2 Å². The number of H-pyrrole nitrogens is 1. The zero-order valence-corrected chi connectivity index (χ0v) is 20.6. The first kappa shape index (κ1) is 24.8. The molecule has 0 spiro atoms. The molecule has 200 valence electrons. The number of alkyl halides is 3. The molecular weight excluding hydrogens is 513 g/mol. The molecule has 0 unspecified atom stereocenters. The summed E-state index contributed by atoms with van der Waals surface area (Å²) in [4.78, 5) is 36.1. The average Bonchev–Trinajstić information content (AvgIpc) is 3.54. The molecule has 5 heterocycles. The second-order valence-electron chi connectivity index (χ2n) is 9.30. The Kier molecular flexibility index (Phi) is 6.35. The number of nitrogens with one attached hydrogen (secondary N) is 2. The van der Waals surface area contributed by atoms with Gasteiger partial charge in [0.1, 0.15) is 29.8 Å². The predicted molar refractivity (Wildman–Crippen MR) is 137 cm³/mol. The van der Waals surface area contributed by atoms with E-state index in [1.807, 2.05) is 30.3 Å². The number of pyridine rings is 1. The number of imidazole rings is 1. The summed E-state index contributed by atoms with van der Waals surface area (Å²) >= 11 is 0. The summed E-state index contributed by atoms with van der Waals surface area (Å²) in [5.74, 6) is 0.245. The van der Waals surface area contributed by atoms with Gasteiger partial charge in [-0.3, -0.25) is 9.69 Å². The Morgan fingerprint density at radius 3 is 2.69 bits per heavy atom. The van der Waals surface area contributed by atoms with Gasteiger partial charge in [0.25, 0.3) is 0 Å². The number of amides is 1. The van der Waals surface area contributed by atoms with Crippen LogP contribution in [0.1, 0.15) is 12.0 Å². The van der Waals surface area contributed by atoms with E-state index in [9.17, 15) is 18.0 Å². The van der Waals surface area contributed by atoms with Crippen molar-refractivity contribution < 1.29 is 22.4 Å². The van der Waals surface area contributed by atoms with Gasteiger partial charge in [-0.15, -0.1) is 0 Å². The summed E-state index contributed by atoms with van der Waals surface area (Å²) in [6, 6.07) is 11.3. The maximum atomic E-state index is 12.5. The molecule has 39 heavy (non-hydrogen) atoms. The van der Waals surface area contributed by atoms with Crippen LogP contribution in [-0.2, 0) is 11.3 Å². The van der Waals surface area contributed by atoms with Crippen molar-refractivity contribution in [3.63, 3.8) is 0 Å². The number of carbonyl (C=O) groups is 1. The molecule has 1 fully saturated rings. The fourth-order valence-corrected chi connectivity index (χ4v) is 4.67. The first-order valence-corrected chi connectivity index (χ1v) is 12.3. The third-order valence-electron chi connectivity index (χ3n) is 6.55. The zero-order valence-electron chi connectivity index (χ0n) is 20.6. The molecule has 0 saturated carbocycles. The zero-order chi connectivity index (χ0) is 27.0. The van der Waals surface area contributed by atoms with Gasteiger partial charge in [0.05, 0.1) is 17.3 Å². The highest BCUT2D eigenvalue weighted by Crippen LogP contribution is 2.29. The van der Waals surface area contributed by atoms with Crippen LogP contribution < -0.4 is 5.32 Å². The van der Waals surface area contributed by atoms with E-state index >= 15 is 0 Å². The van der Waals surface area contributed by atoms with Crippen molar-refractivity contribution >= 4 is 39.8 Å². The molecule has 0 bridgehead atoms. The number of aromatic nitrogens is 5. The first-order valence-electron chi connectivity index (χ1n) is 12.3. The van der Waals surface area contributed by atoms with E-state index in [1.165, 1.54) is 11.2 Å². The van der Waals surface area contributed by atoms with Crippen molar-refractivity contribution in [3.8, 4) is 11.3 Å². The van der Waals surface area contributed by atoms with Crippen LogP contribution in [0, 0.1) is 0 Å². The second-order valence-corrected chi connectivity index (χ2v) is 9.30. The molecule has 6 rings (SSSR count). The van der Waals surface area contributed by atoms with Crippen LogP contribution in [0.5, 0.6) is 0 Å². The summed E-state index contributed by atoms with van der Waals surface area (Å²) in [5.41, 5.74) is 5.45. The van der Waals surface area contributed by atoms with Gasteiger partial charge in [0, 0.05) is 50.6 Å². The third-order valence-corrected chi connectivity index (χ3v) is 6.55. The number of benzene rings is 1. The van der Waals surface area contributed by atoms with Crippen LogP contribution in [0.4, 0.5) is 24.9 Å². The standard InChI is InChI=1S/C26H23F3N8O2/c27-26(28,29)13-22(38)37-8-6-36(7-9-37)14-16-3-5-30-21(11-16)35-25-33-18-2-1-17(12-20(18)34-25)23-24-19(4-10-39-24)31-15-32-23/h1-5,10-12,15H,6-9,13-14H2,(H2,30,33,34,35). The lowest BCUT2D eigenvalue weighted by Crippen LogP contribution is -2.49. The number of nitrogens with zero attached hydrogens (tertiary/aromatic N) is 6. The summed E-state index contributed by atoms with van der Waals surface area (Å²) in [6.45, 7) is 2.12. The van der Waals surface area contributed by atoms with Crippen LogP contribution in [0.3, 0.4) is 0 Å². The van der Waals surface area contributed by atoms with Crippen LogP contribution in [-0.4, -0.2) is 73.0 Å². The lowest BCUT2D eigenvalue weighted by Gasteiger charge is -2.35. The van der Waals surface area contributed by atoms with Gasteiger partial charge >= 0.3 is 6.18 Å². The fraction of sp³-hybridized carbons (Fsp3) is 0.269. The molecular formula is C26H23F3N8O2. The van der Waals surface area contributed by atoms with Crippen molar-refractivity contribution in [1.82, 2.24) is 34.7 Å². The molecule has 1 aliphatic rings. The van der Waals surface area contributed by atoms with Gasteiger partial charge in [-0.1, -0.05) is 6.07 Å². The molecule has 1 saturated heterocycles. The van der Waals surface area contributed by atoms with Gasteiger partial charge in [0.2, 0.25) is 11.9 Å². The van der Waals surface area contributed by atoms with Gasteiger partial charge < -0.3 is 19.6 Å². The molecule has 13 heteroatoms. The Labute approximate surface area is 219 Å². The topological polar surface area (TPSA) is 116 Å². The Morgan fingerprint density at radius 2 is 1.87 bits per heavy atom. The number of aromatic amines is 1. The van der Waals surface area contributed by atoms with Gasteiger partial charge in [-0.25, -0.2) is 19.9 Å². The summed E-state index contributed by atoms with van der Waals surface area (Å²) in [6.07, 6.45) is -1.13. The van der Waals surface area contributed by atoms with Crippen LogP contribution >= 0.6 is 0 Å². The maximum Gasteiger partial charge on any atom is 0.397 e. The highest BCUT2D eigenvalue weighted by Gasteiger charge is 2.34. The number of rotatable bonds is 6. The summed E-state index contributed by atoms with van der Waals surface area (Å²) < 4.78 is 43.1. The molecule has 4 aromatic heterocycles. The Morgan fingerprint density at radius 1 is 1.03 bits per heavy atom. The second kappa shape index (κ2) is 9.98. The molecule has 10 nitrogen and oxygen atoms in total. The minimum Gasteiger partial charge on any atom is -0.460 e. The van der Waals surface area contributed by atoms with E-state index in [4.69, 9.17) is 4.42 Å². The van der Waals surface area contributed by atoms with E-state index in [1.54, 1.807) is 18.5 Å². The lowest BCUT2D eigenvalue weighted by molar-refractivity contribution is -0.162. The SMILES string of the molecule is O=C(CC(F)(F)F)N1CCN(Cc2ccnc(Nc3nc4ccc(-c5ncnc6ccoc56)cc4[nH]3)c2)CC1. The molecule has 2 N–H and O–H groups in total. The number of piperazine rings is 1. The fourth-order valence-electron chi connectivity index (χ4n) is 4.67. The Hall–Kier alpha value is -4.52. The molecule has 1 aliphatic heterocycles. The van der Waals surface area contributed by atoms with Crippen molar-refractivity contribution in [2.45, 2.75) is 19.1 Å². The third kappa shape index (κ3) is 5.53. The van der Waals surface area contributed by atoms with Crippen molar-refractivity contribution in [2.24, 2.45) is 0 Å². The number of carbonyl (C=O) groups excluding carboxylic acids is 1. The molecule has 1 amide bonds. The van der Waals surface area contributed by atoms with E-state index in [-0.39, 0.29) is 13.1 Å². The highest BCUT2D eigenvalue weighted by molar-refractivity contribution is 5.91. The number of anilines is 2. The number of hydrogen-bond acceptors (Lipinski definition) is 8. The summed E-state index contributed by atoms with van der Waals surface area (Å²) in [5, 5.41) is 3.20. The monoisotopic (exact) mass is 536 g/mol. The lowest BCUT2D eigenvalue weighted by atomic mass is 10.1. The van der Waals surface area contributed by atoms with E-state index < -0.39 is 18.5 Å². The Bertz CT molecular complexity index is 1640. The van der Waals surface area contributed by atoms with E-state index in [0.717, 1.165) is 27.7 Å². The van der Waals surface area contributed by atoms with Crippen LogP contribution in [0.15, 0.2) is 59.6 Å². The number of furan rings is 1. The van der Waals surface area contributed by atoms with Gasteiger partial charge in [-0.05, 0) is 29.8 Å². The van der Waals surface area contributed by atoms with Gasteiger partial charge in [0.15, 0.2) is 5.58 Å². The Balaban J connectivity index is 1.11. The largest absolute Gasteiger partial charge is 0.460 e. The molecule has 1 aromatic carbocycles. The molecule has 0 aliphatic carbocycles. The smallest absolute Gasteiger partial charge is 0.397 e. The van der Waals surface area contributed by atoms with Crippen molar-refractivity contribution in [1.29, 1.82) is 0 Å².